The number of piperidine rings is 1. The van der Waals surface area contributed by atoms with Crippen LogP contribution in [0.1, 0.15) is 29.5 Å². The Balaban J connectivity index is 1.40. The van der Waals surface area contributed by atoms with E-state index in [4.69, 9.17) is 0 Å². The van der Waals surface area contributed by atoms with Gasteiger partial charge in [0.1, 0.15) is 16.1 Å². The second-order valence-corrected chi connectivity index (χ2v) is 11.0. The molecule has 1 aromatic carbocycles. The summed E-state index contributed by atoms with van der Waals surface area (Å²) in [6, 6.07) is 5.31. The number of benzene rings is 1. The van der Waals surface area contributed by atoms with Crippen LogP contribution in [0.5, 0.6) is 0 Å². The highest BCUT2D eigenvalue weighted by atomic mass is 32.2. The van der Waals surface area contributed by atoms with Crippen molar-refractivity contribution >= 4 is 15.5 Å². The number of alkyl halides is 2. The number of likely N-dealkylation sites (tertiary alicyclic amines) is 1. The minimum Gasteiger partial charge on any atom is -0.373 e. The third-order valence-corrected chi connectivity index (χ3v) is 7.28. The van der Waals surface area contributed by atoms with Gasteiger partial charge in [-0.3, -0.25) is 9.58 Å². The van der Waals surface area contributed by atoms with Gasteiger partial charge in [-0.1, -0.05) is 12.1 Å². The summed E-state index contributed by atoms with van der Waals surface area (Å²) in [4.78, 5) is 2.27. The lowest BCUT2D eigenvalue weighted by molar-refractivity contribution is 0.0542. The number of hydrogen-bond donors (Lipinski definition) is 2. The average molecular weight is 455 g/mol. The van der Waals surface area contributed by atoms with Crippen molar-refractivity contribution < 1.29 is 22.3 Å². The zero-order valence-electron chi connectivity index (χ0n) is 17.5. The minimum atomic E-state index is -3.04. The third-order valence-electron chi connectivity index (χ3n) is 6.36. The quantitative estimate of drug-likeness (QED) is 0.666. The number of nitrogens with one attached hydrogen (secondary N) is 1. The molecule has 3 heterocycles. The van der Waals surface area contributed by atoms with E-state index in [1.54, 1.807) is 23.0 Å². The van der Waals surface area contributed by atoms with Crippen molar-refractivity contribution in [2.45, 2.75) is 50.4 Å². The van der Waals surface area contributed by atoms with E-state index < -0.39 is 27.9 Å². The summed E-state index contributed by atoms with van der Waals surface area (Å²) in [7, 11) is -3.04. The van der Waals surface area contributed by atoms with Crippen molar-refractivity contribution in [3.63, 3.8) is 0 Å². The molecule has 170 valence electrons. The Hall–Kier alpha value is -2.04. The summed E-state index contributed by atoms with van der Waals surface area (Å²) in [6.07, 6.45) is 2.86. The lowest BCUT2D eigenvalue weighted by atomic mass is 9.72. The largest absolute Gasteiger partial charge is 0.373 e. The fourth-order valence-electron chi connectivity index (χ4n) is 4.65. The van der Waals surface area contributed by atoms with Crippen LogP contribution in [0.2, 0.25) is 0 Å². The molecule has 1 unspecified atom stereocenters. The molecular weight excluding hydrogens is 426 g/mol. The highest BCUT2D eigenvalue weighted by Gasteiger charge is 2.48. The van der Waals surface area contributed by atoms with Gasteiger partial charge < -0.3 is 10.4 Å². The molecule has 7 nitrogen and oxygen atoms in total. The number of aliphatic hydroxyl groups is 1. The molecule has 2 aromatic rings. The van der Waals surface area contributed by atoms with Gasteiger partial charge in [0.2, 0.25) is 6.43 Å². The summed E-state index contributed by atoms with van der Waals surface area (Å²) >= 11 is 0. The van der Waals surface area contributed by atoms with Crippen LogP contribution in [0.3, 0.4) is 0 Å². The molecular formula is C21H28F2N4O3S. The molecule has 0 bridgehead atoms. The van der Waals surface area contributed by atoms with Crippen molar-refractivity contribution in [3.8, 4) is 0 Å². The maximum absolute atomic E-state index is 12.8. The number of anilines is 1. The van der Waals surface area contributed by atoms with E-state index in [1.165, 1.54) is 6.26 Å². The average Bonchev–Trinajstić information content (AvgIpc) is 3.24. The Kier molecular flexibility index (Phi) is 6.06. The van der Waals surface area contributed by atoms with Gasteiger partial charge in [0.05, 0.1) is 18.5 Å². The summed E-state index contributed by atoms with van der Waals surface area (Å²) in [6.45, 7) is 2.53. The van der Waals surface area contributed by atoms with Crippen molar-refractivity contribution in [1.29, 1.82) is 0 Å². The summed E-state index contributed by atoms with van der Waals surface area (Å²) in [5.74, 6) is 0.0538. The molecule has 1 saturated heterocycles. The highest BCUT2D eigenvalue weighted by molar-refractivity contribution is 7.90. The van der Waals surface area contributed by atoms with Crippen LogP contribution in [0.15, 0.2) is 30.6 Å². The molecule has 31 heavy (non-hydrogen) atoms. The van der Waals surface area contributed by atoms with Crippen LogP contribution in [-0.4, -0.2) is 66.0 Å². The van der Waals surface area contributed by atoms with Gasteiger partial charge >= 0.3 is 0 Å². The first-order valence-corrected chi connectivity index (χ1v) is 12.5. The lowest BCUT2D eigenvalue weighted by Gasteiger charge is -2.41. The van der Waals surface area contributed by atoms with Crippen molar-refractivity contribution in [2.24, 2.45) is 0 Å². The van der Waals surface area contributed by atoms with Gasteiger partial charge in [-0.15, -0.1) is 0 Å². The molecule has 4 rings (SSSR count). The van der Waals surface area contributed by atoms with Crippen LogP contribution < -0.4 is 5.32 Å². The van der Waals surface area contributed by atoms with Gasteiger partial charge in [-0.05, 0) is 43.1 Å². The maximum atomic E-state index is 12.8. The van der Waals surface area contributed by atoms with Crippen LogP contribution in [0, 0.1) is 0 Å². The molecule has 1 spiro atoms. The molecule has 0 saturated carbocycles. The van der Waals surface area contributed by atoms with Gasteiger partial charge in [0.25, 0.3) is 0 Å². The number of nitrogens with zero attached hydrogens (tertiary/aromatic N) is 3. The molecule has 2 N–H and O–H groups in total. The number of sulfone groups is 1. The minimum absolute atomic E-state index is 0.0538. The predicted octanol–water partition coefficient (Wildman–Crippen LogP) is 2.01. The topological polar surface area (TPSA) is 87.5 Å². The Bertz CT molecular complexity index is 1030. The SMILES string of the molecule is CS(=O)(=O)CCn1cc(CN2CCC3(CC2)c2cc(CC(F)F)ccc2NC3O)cn1. The molecule has 0 amide bonds. The Morgan fingerprint density at radius 1 is 1.29 bits per heavy atom. The van der Waals surface area contributed by atoms with Gasteiger partial charge in [-0.2, -0.15) is 5.10 Å². The fraction of sp³-hybridized carbons (Fsp3) is 0.571. The Morgan fingerprint density at radius 3 is 2.71 bits per heavy atom. The van der Waals surface area contributed by atoms with E-state index in [0.29, 0.717) is 31.5 Å². The second kappa shape index (κ2) is 8.48. The number of aliphatic hydroxyl groups excluding tert-OH is 1. The van der Waals surface area contributed by atoms with E-state index in [2.05, 4.69) is 15.3 Å². The summed E-state index contributed by atoms with van der Waals surface area (Å²) < 4.78 is 50.0. The summed E-state index contributed by atoms with van der Waals surface area (Å²) in [5.41, 5.74) is 2.89. The monoisotopic (exact) mass is 454 g/mol. The Morgan fingerprint density at radius 2 is 2.03 bits per heavy atom. The standard InChI is InChI=1S/C21H28F2N4O3S/c1-31(29,30)9-8-27-14-16(12-24-27)13-26-6-4-21(5-7-26)17-10-15(11-19(22)23)2-3-18(17)25-20(21)28/h2-3,10,12,14,19-20,25,28H,4-9,11,13H2,1H3. The van der Waals surface area contributed by atoms with Crippen LogP contribution in [0.25, 0.3) is 0 Å². The number of hydrogen-bond acceptors (Lipinski definition) is 6. The first kappa shape index (κ1) is 22.2. The molecule has 2 aliphatic heterocycles. The Labute approximate surface area is 181 Å². The second-order valence-electron chi connectivity index (χ2n) is 8.70. The molecule has 1 atom stereocenters. The highest BCUT2D eigenvalue weighted by Crippen LogP contribution is 2.47. The van der Waals surface area contributed by atoms with Crippen LogP contribution >= 0.6 is 0 Å². The third kappa shape index (κ3) is 4.91. The smallest absolute Gasteiger partial charge is 0.242 e. The molecule has 0 radical (unpaired) electrons. The van der Waals surface area contributed by atoms with E-state index >= 15 is 0 Å². The first-order valence-electron chi connectivity index (χ1n) is 10.4. The maximum Gasteiger partial charge on any atom is 0.242 e. The van der Waals surface area contributed by atoms with Crippen molar-refractivity contribution in [1.82, 2.24) is 14.7 Å². The van der Waals surface area contributed by atoms with Crippen molar-refractivity contribution in [2.75, 3.05) is 30.4 Å². The summed E-state index contributed by atoms with van der Waals surface area (Å²) in [5, 5.41) is 18.1. The van der Waals surface area contributed by atoms with E-state index in [-0.39, 0.29) is 12.2 Å². The van der Waals surface area contributed by atoms with Gasteiger partial charge in [-0.25, -0.2) is 17.2 Å². The number of aryl methyl sites for hydroxylation is 1. The van der Waals surface area contributed by atoms with Crippen LogP contribution in [0.4, 0.5) is 14.5 Å². The van der Waals surface area contributed by atoms with Crippen molar-refractivity contribution in [3.05, 3.63) is 47.3 Å². The zero-order valence-corrected chi connectivity index (χ0v) is 18.3. The molecule has 2 aliphatic rings. The zero-order chi connectivity index (χ0) is 22.2. The van der Waals surface area contributed by atoms with E-state index in [0.717, 1.165) is 29.9 Å². The molecule has 0 aliphatic carbocycles. The normalized spacial score (nSPS) is 20.9. The molecule has 1 fully saturated rings. The van der Waals surface area contributed by atoms with Crippen LogP contribution in [-0.2, 0) is 34.8 Å². The predicted molar refractivity (Wildman–Crippen MR) is 114 cm³/mol. The first-order chi connectivity index (χ1) is 14.6. The number of fused-ring (bicyclic) bond motifs is 2. The number of rotatable bonds is 7. The fourth-order valence-corrected chi connectivity index (χ4v) is 5.17. The van der Waals surface area contributed by atoms with E-state index in [9.17, 15) is 22.3 Å². The van der Waals surface area contributed by atoms with E-state index in [1.807, 2.05) is 12.3 Å². The number of aromatic nitrogens is 2. The lowest BCUT2D eigenvalue weighted by Crippen LogP contribution is -2.48. The molecule has 1 aromatic heterocycles. The molecule has 10 heteroatoms. The number of halogens is 2. The van der Waals surface area contributed by atoms with Gasteiger partial charge in [0, 0.05) is 42.1 Å². The van der Waals surface area contributed by atoms with Gasteiger partial charge in [0.15, 0.2) is 0 Å².